The molecule has 5 rings (SSSR count). The molecule has 2 fully saturated rings. The van der Waals surface area contributed by atoms with E-state index in [1.165, 1.54) is 6.20 Å². The first-order chi connectivity index (χ1) is 18.9. The Labute approximate surface area is 240 Å². The molecule has 214 valence electrons. The lowest BCUT2D eigenvalue weighted by Crippen LogP contribution is -2.40. The number of aromatic nitrogens is 2. The maximum Gasteiger partial charge on any atom is 0.271 e. The quantitative estimate of drug-likeness (QED) is 0.299. The molecule has 0 radical (unpaired) electrons. The standard InChI is InChI=1S/C23H19Cl2F2N3O.C6H11F2N/c24-16-5-1-14(2-6-16)20-21(15-3-7-17(25)8-4-15)30-19(13-28-20)22(31)29-18-9-11-23(26,27)12-10-18;7-6(8)3-1-5(9)2-4-6/h1-8,13,18H,9-12H2,(H,29,31);5H,1-4,9H2. The Morgan fingerprint density at radius 2 is 1.23 bits per heavy atom. The zero-order valence-electron chi connectivity index (χ0n) is 21.7. The molecule has 0 aliphatic heterocycles. The van der Waals surface area contributed by atoms with Crippen LogP contribution < -0.4 is 11.1 Å². The van der Waals surface area contributed by atoms with Crippen molar-refractivity contribution in [3.63, 3.8) is 0 Å². The number of nitrogens with two attached hydrogens (primary N) is 1. The second kappa shape index (κ2) is 12.8. The summed E-state index contributed by atoms with van der Waals surface area (Å²) in [6.45, 7) is 0. The van der Waals surface area contributed by atoms with Gasteiger partial charge in [0.15, 0.2) is 0 Å². The van der Waals surface area contributed by atoms with Gasteiger partial charge in [-0.15, -0.1) is 0 Å². The van der Waals surface area contributed by atoms with Gasteiger partial charge in [-0.25, -0.2) is 22.5 Å². The number of carbonyl (C=O) groups excluding carboxylic acids is 1. The third-order valence-corrected chi connectivity index (χ3v) is 7.56. The van der Waals surface area contributed by atoms with Crippen LogP contribution in [-0.2, 0) is 0 Å². The second-order valence-corrected chi connectivity index (χ2v) is 11.1. The fourth-order valence-electron chi connectivity index (χ4n) is 4.63. The molecule has 0 unspecified atom stereocenters. The summed E-state index contributed by atoms with van der Waals surface area (Å²) in [7, 11) is 0. The molecule has 2 saturated carbocycles. The minimum Gasteiger partial charge on any atom is -0.348 e. The van der Waals surface area contributed by atoms with Crippen LogP contribution in [0.2, 0.25) is 10.0 Å². The molecule has 40 heavy (non-hydrogen) atoms. The summed E-state index contributed by atoms with van der Waals surface area (Å²) in [5, 5.41) is 3.99. The van der Waals surface area contributed by atoms with Gasteiger partial charge in [-0.1, -0.05) is 47.5 Å². The lowest BCUT2D eigenvalue weighted by Gasteiger charge is -2.28. The summed E-state index contributed by atoms with van der Waals surface area (Å²) >= 11 is 12.0. The highest BCUT2D eigenvalue weighted by Crippen LogP contribution is 2.34. The molecule has 0 saturated heterocycles. The van der Waals surface area contributed by atoms with E-state index in [2.05, 4.69) is 15.3 Å². The number of nitrogens with zero attached hydrogens (tertiary/aromatic N) is 2. The average Bonchev–Trinajstić information content (AvgIpc) is 2.92. The van der Waals surface area contributed by atoms with Gasteiger partial charge in [-0.05, 0) is 49.9 Å². The Bertz CT molecular complexity index is 1290. The summed E-state index contributed by atoms with van der Waals surface area (Å²) in [6, 6.07) is 14.0. The first kappa shape index (κ1) is 30.2. The van der Waals surface area contributed by atoms with Crippen LogP contribution in [0.4, 0.5) is 17.6 Å². The van der Waals surface area contributed by atoms with E-state index in [-0.39, 0.29) is 56.3 Å². The van der Waals surface area contributed by atoms with Gasteiger partial charge in [0.05, 0.1) is 17.6 Å². The van der Waals surface area contributed by atoms with Crippen molar-refractivity contribution in [2.45, 2.75) is 75.3 Å². The molecule has 0 spiro atoms. The van der Waals surface area contributed by atoms with E-state index in [0.29, 0.717) is 34.3 Å². The molecule has 1 aromatic heterocycles. The normalized spacial score (nSPS) is 18.9. The van der Waals surface area contributed by atoms with Gasteiger partial charge in [-0.3, -0.25) is 9.78 Å². The van der Waals surface area contributed by atoms with Crippen molar-refractivity contribution in [2.75, 3.05) is 0 Å². The molecule has 2 aliphatic carbocycles. The van der Waals surface area contributed by atoms with E-state index in [9.17, 15) is 22.4 Å². The monoisotopic (exact) mass is 596 g/mol. The zero-order valence-corrected chi connectivity index (χ0v) is 23.2. The van der Waals surface area contributed by atoms with Crippen molar-refractivity contribution in [3.8, 4) is 22.5 Å². The fraction of sp³-hybridized carbons (Fsp3) is 0.414. The maximum atomic E-state index is 13.4. The van der Waals surface area contributed by atoms with Crippen molar-refractivity contribution in [1.29, 1.82) is 0 Å². The van der Waals surface area contributed by atoms with Crippen molar-refractivity contribution >= 4 is 29.1 Å². The first-order valence-electron chi connectivity index (χ1n) is 13.1. The van der Waals surface area contributed by atoms with Crippen LogP contribution in [0.1, 0.15) is 61.9 Å². The number of nitrogens with one attached hydrogen (secondary N) is 1. The lowest BCUT2D eigenvalue weighted by atomic mass is 9.92. The first-order valence-corrected chi connectivity index (χ1v) is 13.9. The third kappa shape index (κ3) is 8.38. The van der Waals surface area contributed by atoms with Crippen molar-refractivity contribution in [3.05, 3.63) is 70.5 Å². The molecule has 2 aliphatic rings. The molecule has 0 atom stereocenters. The molecular formula is C29H30Cl2F4N4O. The summed E-state index contributed by atoms with van der Waals surface area (Å²) < 4.78 is 51.4. The average molecular weight is 597 g/mol. The van der Waals surface area contributed by atoms with Gasteiger partial charge in [0.2, 0.25) is 11.8 Å². The van der Waals surface area contributed by atoms with E-state index in [1.54, 1.807) is 36.4 Å². The number of hydrogen-bond donors (Lipinski definition) is 2. The van der Waals surface area contributed by atoms with Crippen LogP contribution in [0, 0.1) is 0 Å². The predicted molar refractivity (Wildman–Crippen MR) is 149 cm³/mol. The van der Waals surface area contributed by atoms with Gasteiger partial charge in [0.1, 0.15) is 5.69 Å². The SMILES string of the molecule is NC1CCC(F)(F)CC1.O=C(NC1CCC(F)(F)CC1)c1cnc(-c2ccc(Cl)cc2)c(-c2ccc(Cl)cc2)n1. The van der Waals surface area contributed by atoms with Gasteiger partial charge >= 0.3 is 0 Å². The number of halogens is 6. The number of hydrogen-bond acceptors (Lipinski definition) is 4. The summed E-state index contributed by atoms with van der Waals surface area (Å²) in [6.07, 6.45) is 2.33. The van der Waals surface area contributed by atoms with E-state index in [4.69, 9.17) is 28.9 Å². The van der Waals surface area contributed by atoms with Crippen molar-refractivity contribution < 1.29 is 22.4 Å². The second-order valence-electron chi connectivity index (χ2n) is 10.3. The predicted octanol–water partition coefficient (Wildman–Crippen LogP) is 7.95. The Hall–Kier alpha value is -2.75. The number of amides is 1. The minimum atomic E-state index is -2.65. The fourth-order valence-corrected chi connectivity index (χ4v) is 4.88. The van der Waals surface area contributed by atoms with Crippen LogP contribution in [0.5, 0.6) is 0 Å². The van der Waals surface area contributed by atoms with Crippen LogP contribution in [-0.4, -0.2) is 39.8 Å². The van der Waals surface area contributed by atoms with E-state index in [0.717, 1.165) is 11.1 Å². The van der Waals surface area contributed by atoms with E-state index in [1.807, 2.05) is 12.1 Å². The van der Waals surface area contributed by atoms with Crippen molar-refractivity contribution in [2.24, 2.45) is 5.73 Å². The smallest absolute Gasteiger partial charge is 0.271 e. The molecule has 2 aromatic carbocycles. The van der Waals surface area contributed by atoms with Gasteiger partial charge < -0.3 is 11.1 Å². The Kier molecular flexibility index (Phi) is 9.69. The molecular weight excluding hydrogens is 567 g/mol. The van der Waals surface area contributed by atoms with E-state index < -0.39 is 17.8 Å². The molecule has 1 heterocycles. The van der Waals surface area contributed by atoms with Crippen LogP contribution in [0.15, 0.2) is 54.7 Å². The minimum absolute atomic E-state index is 0.0182. The van der Waals surface area contributed by atoms with Gasteiger partial charge in [-0.2, -0.15) is 0 Å². The number of benzene rings is 2. The van der Waals surface area contributed by atoms with Crippen LogP contribution in [0.25, 0.3) is 22.5 Å². The molecule has 3 N–H and O–H groups in total. The van der Waals surface area contributed by atoms with Crippen LogP contribution >= 0.6 is 23.2 Å². The highest BCUT2D eigenvalue weighted by Gasteiger charge is 2.36. The lowest BCUT2D eigenvalue weighted by molar-refractivity contribution is -0.0400. The topological polar surface area (TPSA) is 80.9 Å². The summed E-state index contributed by atoms with van der Waals surface area (Å²) in [5.41, 5.74) is 8.19. The van der Waals surface area contributed by atoms with Gasteiger partial charge in [0, 0.05) is 58.9 Å². The highest BCUT2D eigenvalue weighted by atomic mass is 35.5. The largest absolute Gasteiger partial charge is 0.348 e. The maximum absolute atomic E-state index is 13.4. The Morgan fingerprint density at radius 1 is 0.775 bits per heavy atom. The number of rotatable bonds is 4. The zero-order chi connectivity index (χ0) is 28.9. The molecule has 5 nitrogen and oxygen atoms in total. The molecule has 1 amide bonds. The number of alkyl halides is 4. The molecule has 3 aromatic rings. The Balaban J connectivity index is 0.000000350. The summed E-state index contributed by atoms with van der Waals surface area (Å²) in [4.78, 5) is 21.8. The Morgan fingerprint density at radius 3 is 1.70 bits per heavy atom. The van der Waals surface area contributed by atoms with Crippen molar-refractivity contribution in [1.82, 2.24) is 15.3 Å². The summed E-state index contributed by atoms with van der Waals surface area (Å²) in [5.74, 6) is -5.50. The van der Waals surface area contributed by atoms with E-state index >= 15 is 0 Å². The molecule has 0 bridgehead atoms. The molecule has 11 heteroatoms. The van der Waals surface area contributed by atoms with Gasteiger partial charge in [0.25, 0.3) is 5.91 Å². The highest BCUT2D eigenvalue weighted by molar-refractivity contribution is 6.31. The van der Waals surface area contributed by atoms with Crippen LogP contribution in [0.3, 0.4) is 0 Å². The third-order valence-electron chi connectivity index (χ3n) is 7.05. The number of carbonyl (C=O) groups is 1.